The lowest BCUT2D eigenvalue weighted by Crippen LogP contribution is -2.41. The minimum atomic E-state index is -0.148. The Morgan fingerprint density at radius 2 is 1.58 bits per heavy atom. The van der Waals surface area contributed by atoms with Crippen molar-refractivity contribution >= 4 is 5.91 Å². The fourth-order valence-corrected chi connectivity index (χ4v) is 1.97. The van der Waals surface area contributed by atoms with E-state index in [1.165, 1.54) is 32.1 Å². The van der Waals surface area contributed by atoms with Crippen molar-refractivity contribution in [1.82, 2.24) is 5.32 Å². The van der Waals surface area contributed by atoms with Crippen molar-refractivity contribution in [3.05, 3.63) is 11.6 Å². The SMILES string of the molecule is CCCCC/C=C(\CCCCC)C(=O)NC(C)(C)C. The third-order valence-electron chi connectivity index (χ3n) is 3.03. The van der Waals surface area contributed by atoms with Crippen LogP contribution in [0.25, 0.3) is 0 Å². The Labute approximate surface area is 120 Å². The molecule has 0 saturated carbocycles. The zero-order valence-corrected chi connectivity index (χ0v) is 13.6. The Kier molecular flexibility index (Phi) is 9.63. The van der Waals surface area contributed by atoms with Gasteiger partial charge in [0.2, 0.25) is 5.91 Å². The fourth-order valence-electron chi connectivity index (χ4n) is 1.97. The second-order valence-corrected chi connectivity index (χ2v) is 6.39. The van der Waals surface area contributed by atoms with Crippen LogP contribution in [-0.2, 0) is 4.79 Å². The summed E-state index contributed by atoms with van der Waals surface area (Å²) in [4.78, 5) is 12.2. The van der Waals surface area contributed by atoms with E-state index in [0.29, 0.717) is 0 Å². The number of allylic oxidation sites excluding steroid dienone is 1. The van der Waals surface area contributed by atoms with Gasteiger partial charge >= 0.3 is 0 Å². The summed E-state index contributed by atoms with van der Waals surface area (Å²) in [6.07, 6.45) is 11.3. The van der Waals surface area contributed by atoms with Gasteiger partial charge in [-0.3, -0.25) is 4.79 Å². The molecule has 112 valence electrons. The first-order valence-corrected chi connectivity index (χ1v) is 7.92. The van der Waals surface area contributed by atoms with Crippen molar-refractivity contribution < 1.29 is 4.79 Å². The van der Waals surface area contributed by atoms with Gasteiger partial charge in [-0.25, -0.2) is 0 Å². The number of rotatable bonds is 9. The molecule has 0 radical (unpaired) electrons. The maximum Gasteiger partial charge on any atom is 0.247 e. The van der Waals surface area contributed by atoms with Crippen molar-refractivity contribution in [3.63, 3.8) is 0 Å². The summed E-state index contributed by atoms with van der Waals surface area (Å²) in [6.45, 7) is 10.5. The molecule has 1 amide bonds. The molecule has 0 atom stereocenters. The Bertz CT molecular complexity index is 273. The Morgan fingerprint density at radius 3 is 2.11 bits per heavy atom. The van der Waals surface area contributed by atoms with Gasteiger partial charge in [-0.15, -0.1) is 0 Å². The average molecular weight is 267 g/mol. The molecule has 1 N–H and O–H groups in total. The molecule has 0 rings (SSSR count). The van der Waals surface area contributed by atoms with Crippen LogP contribution < -0.4 is 5.32 Å². The number of amides is 1. The highest BCUT2D eigenvalue weighted by Crippen LogP contribution is 2.13. The number of carbonyl (C=O) groups excluding carboxylic acids is 1. The average Bonchev–Trinajstić information content (AvgIpc) is 2.30. The first kappa shape index (κ1) is 18.2. The quantitative estimate of drug-likeness (QED) is 0.463. The largest absolute Gasteiger partial charge is 0.348 e. The summed E-state index contributed by atoms with van der Waals surface area (Å²) in [5, 5.41) is 3.08. The summed E-state index contributed by atoms with van der Waals surface area (Å²) >= 11 is 0. The van der Waals surface area contributed by atoms with Crippen molar-refractivity contribution in [3.8, 4) is 0 Å². The van der Waals surface area contributed by atoms with Crippen LogP contribution in [0.4, 0.5) is 0 Å². The molecule has 0 unspecified atom stereocenters. The van der Waals surface area contributed by atoms with Gasteiger partial charge in [-0.1, -0.05) is 45.6 Å². The van der Waals surface area contributed by atoms with E-state index in [1.54, 1.807) is 0 Å². The van der Waals surface area contributed by atoms with E-state index in [-0.39, 0.29) is 11.4 Å². The number of nitrogens with one attached hydrogen (secondary N) is 1. The van der Waals surface area contributed by atoms with Crippen LogP contribution in [0.15, 0.2) is 11.6 Å². The van der Waals surface area contributed by atoms with E-state index in [4.69, 9.17) is 0 Å². The molecule has 0 spiro atoms. The number of carbonyl (C=O) groups is 1. The predicted octanol–water partition coefficient (Wildman–Crippen LogP) is 4.99. The van der Waals surface area contributed by atoms with Crippen LogP contribution in [0.5, 0.6) is 0 Å². The third-order valence-corrected chi connectivity index (χ3v) is 3.03. The molecule has 0 heterocycles. The van der Waals surface area contributed by atoms with Crippen molar-refractivity contribution in [2.24, 2.45) is 0 Å². The van der Waals surface area contributed by atoms with E-state index in [1.807, 2.05) is 20.8 Å². The Hall–Kier alpha value is -0.790. The van der Waals surface area contributed by atoms with Crippen LogP contribution in [0.1, 0.15) is 86.0 Å². The van der Waals surface area contributed by atoms with Crippen LogP contribution in [0.3, 0.4) is 0 Å². The van der Waals surface area contributed by atoms with E-state index >= 15 is 0 Å². The van der Waals surface area contributed by atoms with Gasteiger partial charge in [0.1, 0.15) is 0 Å². The van der Waals surface area contributed by atoms with E-state index in [9.17, 15) is 4.79 Å². The van der Waals surface area contributed by atoms with Gasteiger partial charge in [0.05, 0.1) is 0 Å². The van der Waals surface area contributed by atoms with Gasteiger partial charge in [0.25, 0.3) is 0 Å². The highest BCUT2D eigenvalue weighted by atomic mass is 16.1. The molecule has 0 fully saturated rings. The van der Waals surface area contributed by atoms with Crippen LogP contribution >= 0.6 is 0 Å². The van der Waals surface area contributed by atoms with Gasteiger partial charge in [-0.2, -0.15) is 0 Å². The molecular formula is C17H33NO. The Balaban J connectivity index is 4.42. The van der Waals surface area contributed by atoms with Gasteiger partial charge < -0.3 is 5.32 Å². The molecule has 0 aromatic carbocycles. The maximum atomic E-state index is 12.2. The number of hydrogen-bond acceptors (Lipinski definition) is 1. The number of hydrogen-bond donors (Lipinski definition) is 1. The summed E-state index contributed by atoms with van der Waals surface area (Å²) in [6, 6.07) is 0. The molecule has 19 heavy (non-hydrogen) atoms. The van der Waals surface area contributed by atoms with Crippen LogP contribution in [0.2, 0.25) is 0 Å². The number of unbranched alkanes of at least 4 members (excludes halogenated alkanes) is 5. The molecule has 2 nitrogen and oxygen atoms in total. The first-order chi connectivity index (χ1) is 8.90. The normalized spacial score (nSPS) is 12.6. The molecule has 0 bridgehead atoms. The standard InChI is InChI=1S/C17H33NO/c1-6-8-10-12-14-15(13-11-9-7-2)16(19)18-17(3,4)5/h14H,6-13H2,1-5H3,(H,18,19)/b15-14+. The molecule has 2 heteroatoms. The molecule has 0 aromatic rings. The van der Waals surface area contributed by atoms with Gasteiger partial charge in [0, 0.05) is 11.1 Å². The molecule has 0 saturated heterocycles. The van der Waals surface area contributed by atoms with Gasteiger partial charge in [-0.05, 0) is 46.5 Å². The zero-order valence-electron chi connectivity index (χ0n) is 13.6. The molecule has 0 aliphatic rings. The monoisotopic (exact) mass is 267 g/mol. The third kappa shape index (κ3) is 10.8. The van der Waals surface area contributed by atoms with E-state index < -0.39 is 0 Å². The van der Waals surface area contributed by atoms with Crippen molar-refractivity contribution in [1.29, 1.82) is 0 Å². The first-order valence-electron chi connectivity index (χ1n) is 7.92. The lowest BCUT2D eigenvalue weighted by Gasteiger charge is -2.21. The molecule has 0 aliphatic carbocycles. The molecular weight excluding hydrogens is 234 g/mol. The summed E-state index contributed by atoms with van der Waals surface area (Å²) in [5.41, 5.74) is 0.837. The smallest absolute Gasteiger partial charge is 0.247 e. The van der Waals surface area contributed by atoms with Crippen LogP contribution in [-0.4, -0.2) is 11.4 Å². The van der Waals surface area contributed by atoms with E-state index in [0.717, 1.165) is 24.8 Å². The summed E-state index contributed by atoms with van der Waals surface area (Å²) < 4.78 is 0. The highest BCUT2D eigenvalue weighted by Gasteiger charge is 2.16. The van der Waals surface area contributed by atoms with Gasteiger partial charge in [0.15, 0.2) is 0 Å². The topological polar surface area (TPSA) is 29.1 Å². The lowest BCUT2D eigenvalue weighted by molar-refractivity contribution is -0.119. The molecule has 0 aromatic heterocycles. The second kappa shape index (κ2) is 10.1. The lowest BCUT2D eigenvalue weighted by atomic mass is 10.0. The zero-order chi connectivity index (χ0) is 14.7. The second-order valence-electron chi connectivity index (χ2n) is 6.39. The maximum absolute atomic E-state index is 12.2. The van der Waals surface area contributed by atoms with E-state index in [2.05, 4.69) is 25.2 Å². The summed E-state index contributed by atoms with van der Waals surface area (Å²) in [5.74, 6) is 0.125. The predicted molar refractivity (Wildman–Crippen MR) is 84.3 cm³/mol. The summed E-state index contributed by atoms with van der Waals surface area (Å²) in [7, 11) is 0. The minimum Gasteiger partial charge on any atom is -0.348 e. The fraction of sp³-hybridized carbons (Fsp3) is 0.824. The Morgan fingerprint density at radius 1 is 1.00 bits per heavy atom. The van der Waals surface area contributed by atoms with Crippen molar-refractivity contribution in [2.75, 3.05) is 0 Å². The van der Waals surface area contributed by atoms with Crippen molar-refractivity contribution in [2.45, 2.75) is 91.5 Å². The minimum absolute atomic E-state index is 0.125. The highest BCUT2D eigenvalue weighted by molar-refractivity contribution is 5.93. The van der Waals surface area contributed by atoms with Crippen LogP contribution in [0, 0.1) is 0 Å². The molecule has 0 aliphatic heterocycles.